The van der Waals surface area contributed by atoms with E-state index in [1.54, 1.807) is 6.07 Å². The zero-order chi connectivity index (χ0) is 15.4. The van der Waals surface area contributed by atoms with Crippen molar-refractivity contribution in [2.24, 2.45) is 0 Å². The molecule has 4 heteroatoms. The van der Waals surface area contributed by atoms with Crippen LogP contribution in [0.2, 0.25) is 0 Å². The van der Waals surface area contributed by atoms with E-state index in [1.807, 2.05) is 32.0 Å². The van der Waals surface area contributed by atoms with Crippen LogP contribution in [0.1, 0.15) is 27.0 Å². The first-order chi connectivity index (χ1) is 9.97. The molecule has 21 heavy (non-hydrogen) atoms. The van der Waals surface area contributed by atoms with Crippen molar-refractivity contribution in [3.05, 3.63) is 68.9 Å². The van der Waals surface area contributed by atoms with Crippen LogP contribution in [0.25, 0.3) is 0 Å². The molecule has 0 bridgehead atoms. The number of amides is 1. The van der Waals surface area contributed by atoms with Gasteiger partial charge in [-0.05, 0) is 71.6 Å². The molecular formula is C17H17BrFNO. The fourth-order valence-corrected chi connectivity index (χ4v) is 2.59. The van der Waals surface area contributed by atoms with Crippen molar-refractivity contribution in [3.8, 4) is 0 Å². The number of halogens is 2. The van der Waals surface area contributed by atoms with Gasteiger partial charge in [0.05, 0.1) is 5.56 Å². The van der Waals surface area contributed by atoms with E-state index in [9.17, 15) is 9.18 Å². The summed E-state index contributed by atoms with van der Waals surface area (Å²) in [5, 5.41) is 2.89. The molecule has 0 aliphatic carbocycles. The molecule has 1 N–H and O–H groups in total. The average Bonchev–Trinajstić information content (AvgIpc) is 2.43. The van der Waals surface area contributed by atoms with Gasteiger partial charge in [-0.25, -0.2) is 4.39 Å². The van der Waals surface area contributed by atoms with Crippen molar-refractivity contribution in [1.29, 1.82) is 0 Å². The van der Waals surface area contributed by atoms with Crippen molar-refractivity contribution in [1.82, 2.24) is 5.32 Å². The molecule has 0 aromatic heterocycles. The molecule has 2 aromatic carbocycles. The molecule has 0 fully saturated rings. The second kappa shape index (κ2) is 6.85. The standard InChI is InChI=1S/C17H17BrFNO/c1-11-3-6-16(18)15(9-11)17(21)20-8-7-13-4-5-14(19)10-12(13)2/h3-6,9-10H,7-8H2,1-2H3,(H,20,21). The minimum Gasteiger partial charge on any atom is -0.352 e. The van der Waals surface area contributed by atoms with Gasteiger partial charge in [0.25, 0.3) is 5.91 Å². The third-order valence-electron chi connectivity index (χ3n) is 3.35. The topological polar surface area (TPSA) is 29.1 Å². The fraction of sp³-hybridized carbons (Fsp3) is 0.235. The molecule has 1 amide bonds. The molecule has 0 saturated heterocycles. The van der Waals surface area contributed by atoms with E-state index in [0.29, 0.717) is 18.5 Å². The summed E-state index contributed by atoms with van der Waals surface area (Å²) in [5.41, 5.74) is 3.62. The molecule has 0 saturated carbocycles. The number of aryl methyl sites for hydroxylation is 2. The van der Waals surface area contributed by atoms with Crippen LogP contribution < -0.4 is 5.32 Å². The van der Waals surface area contributed by atoms with Crippen LogP contribution in [0.3, 0.4) is 0 Å². The molecule has 110 valence electrons. The van der Waals surface area contributed by atoms with Crippen LogP contribution in [0, 0.1) is 19.7 Å². The van der Waals surface area contributed by atoms with E-state index in [1.165, 1.54) is 12.1 Å². The van der Waals surface area contributed by atoms with E-state index in [2.05, 4.69) is 21.2 Å². The zero-order valence-corrected chi connectivity index (χ0v) is 13.6. The molecule has 0 atom stereocenters. The molecule has 2 aromatic rings. The maximum atomic E-state index is 13.0. The van der Waals surface area contributed by atoms with E-state index in [-0.39, 0.29) is 11.7 Å². The van der Waals surface area contributed by atoms with Crippen molar-refractivity contribution in [3.63, 3.8) is 0 Å². The van der Waals surface area contributed by atoms with Crippen molar-refractivity contribution >= 4 is 21.8 Å². The first-order valence-corrected chi connectivity index (χ1v) is 7.56. The lowest BCUT2D eigenvalue weighted by Crippen LogP contribution is -2.26. The van der Waals surface area contributed by atoms with Crippen molar-refractivity contribution in [2.45, 2.75) is 20.3 Å². The highest BCUT2D eigenvalue weighted by Gasteiger charge is 2.10. The summed E-state index contributed by atoms with van der Waals surface area (Å²) in [7, 11) is 0. The first-order valence-electron chi connectivity index (χ1n) is 6.77. The van der Waals surface area contributed by atoms with Crippen LogP contribution in [0.15, 0.2) is 40.9 Å². The fourth-order valence-electron chi connectivity index (χ4n) is 2.16. The van der Waals surface area contributed by atoms with Gasteiger partial charge in [-0.2, -0.15) is 0 Å². The molecule has 0 unspecified atom stereocenters. The smallest absolute Gasteiger partial charge is 0.252 e. The number of rotatable bonds is 4. The van der Waals surface area contributed by atoms with Crippen LogP contribution in [0.5, 0.6) is 0 Å². The molecule has 0 aliphatic rings. The highest BCUT2D eigenvalue weighted by Crippen LogP contribution is 2.18. The van der Waals surface area contributed by atoms with Crippen LogP contribution in [0.4, 0.5) is 4.39 Å². The molecule has 2 nitrogen and oxygen atoms in total. The molecular weight excluding hydrogens is 333 g/mol. The normalized spacial score (nSPS) is 10.5. The lowest BCUT2D eigenvalue weighted by Gasteiger charge is -2.09. The Morgan fingerprint density at radius 1 is 1.19 bits per heavy atom. The summed E-state index contributed by atoms with van der Waals surface area (Å²) in [6.45, 7) is 4.34. The summed E-state index contributed by atoms with van der Waals surface area (Å²) in [6, 6.07) is 10.4. The predicted molar refractivity (Wildman–Crippen MR) is 86.1 cm³/mol. The molecule has 2 rings (SSSR count). The third-order valence-corrected chi connectivity index (χ3v) is 4.04. The van der Waals surface area contributed by atoms with Crippen LogP contribution >= 0.6 is 15.9 Å². The van der Waals surface area contributed by atoms with E-state index in [0.717, 1.165) is 21.2 Å². The average molecular weight is 350 g/mol. The van der Waals surface area contributed by atoms with Gasteiger partial charge < -0.3 is 5.32 Å². The number of benzene rings is 2. The van der Waals surface area contributed by atoms with Crippen molar-refractivity contribution < 1.29 is 9.18 Å². The SMILES string of the molecule is Cc1ccc(Br)c(C(=O)NCCc2ccc(F)cc2C)c1. The Hall–Kier alpha value is -1.68. The molecule has 0 heterocycles. The van der Waals surface area contributed by atoms with E-state index >= 15 is 0 Å². The highest BCUT2D eigenvalue weighted by atomic mass is 79.9. The van der Waals surface area contributed by atoms with Gasteiger partial charge in [-0.15, -0.1) is 0 Å². The van der Waals surface area contributed by atoms with Gasteiger partial charge in [-0.3, -0.25) is 4.79 Å². The second-order valence-corrected chi connectivity index (χ2v) is 5.91. The van der Waals surface area contributed by atoms with Gasteiger partial charge in [-0.1, -0.05) is 17.7 Å². The lowest BCUT2D eigenvalue weighted by atomic mass is 10.1. The van der Waals surface area contributed by atoms with Crippen molar-refractivity contribution in [2.75, 3.05) is 6.54 Å². The monoisotopic (exact) mass is 349 g/mol. The number of carbonyl (C=O) groups excluding carboxylic acids is 1. The maximum Gasteiger partial charge on any atom is 0.252 e. The summed E-state index contributed by atoms with van der Waals surface area (Å²) >= 11 is 3.38. The Morgan fingerprint density at radius 3 is 2.67 bits per heavy atom. The summed E-state index contributed by atoms with van der Waals surface area (Å²) in [5.74, 6) is -0.339. The number of nitrogens with one attached hydrogen (secondary N) is 1. The Labute approximate surface area is 132 Å². The maximum absolute atomic E-state index is 13.0. The van der Waals surface area contributed by atoms with E-state index in [4.69, 9.17) is 0 Å². The largest absolute Gasteiger partial charge is 0.352 e. The lowest BCUT2D eigenvalue weighted by molar-refractivity contribution is 0.0953. The number of carbonyl (C=O) groups is 1. The first kappa shape index (κ1) is 15.7. The highest BCUT2D eigenvalue weighted by molar-refractivity contribution is 9.10. The van der Waals surface area contributed by atoms with Gasteiger partial charge >= 0.3 is 0 Å². The third kappa shape index (κ3) is 4.14. The Bertz CT molecular complexity index is 670. The van der Waals surface area contributed by atoms with Crippen LogP contribution in [-0.4, -0.2) is 12.5 Å². The second-order valence-electron chi connectivity index (χ2n) is 5.06. The Morgan fingerprint density at radius 2 is 1.95 bits per heavy atom. The quantitative estimate of drug-likeness (QED) is 0.881. The summed E-state index contributed by atoms with van der Waals surface area (Å²) < 4.78 is 13.8. The minimum absolute atomic E-state index is 0.106. The van der Waals surface area contributed by atoms with Gasteiger partial charge in [0.15, 0.2) is 0 Å². The zero-order valence-electron chi connectivity index (χ0n) is 12.0. The predicted octanol–water partition coefficient (Wildman–Crippen LogP) is 4.18. The molecule has 0 aliphatic heterocycles. The number of hydrogen-bond acceptors (Lipinski definition) is 1. The van der Waals surface area contributed by atoms with Gasteiger partial charge in [0.1, 0.15) is 5.82 Å². The van der Waals surface area contributed by atoms with E-state index < -0.39 is 0 Å². The summed E-state index contributed by atoms with van der Waals surface area (Å²) in [4.78, 5) is 12.1. The Kier molecular flexibility index (Phi) is 5.12. The minimum atomic E-state index is -0.232. The number of hydrogen-bond donors (Lipinski definition) is 1. The van der Waals surface area contributed by atoms with Crippen LogP contribution in [-0.2, 0) is 6.42 Å². The molecule has 0 radical (unpaired) electrons. The van der Waals surface area contributed by atoms with Gasteiger partial charge in [0, 0.05) is 11.0 Å². The Balaban J connectivity index is 1.97. The molecule has 0 spiro atoms. The summed E-state index contributed by atoms with van der Waals surface area (Å²) in [6.07, 6.45) is 0.682. The van der Waals surface area contributed by atoms with Gasteiger partial charge in [0.2, 0.25) is 0 Å².